The van der Waals surface area contributed by atoms with E-state index < -0.39 is 24.9 Å². The Morgan fingerprint density at radius 1 is 1.07 bits per heavy atom. The molecule has 144 valence electrons. The number of hydrogen-bond acceptors (Lipinski definition) is 5. The first kappa shape index (κ1) is 19.6. The number of benzene rings is 2. The zero-order valence-corrected chi connectivity index (χ0v) is 16.3. The van der Waals surface area contributed by atoms with E-state index in [-0.39, 0.29) is 34.3 Å². The van der Waals surface area contributed by atoms with Gasteiger partial charge in [0.2, 0.25) is 0 Å². The number of carbonyl (C=O) groups is 1. The summed E-state index contributed by atoms with van der Waals surface area (Å²) in [5, 5.41) is 1.83. The largest absolute Gasteiger partial charge is 0.352 e. The molecule has 8 heteroatoms. The second-order valence-corrected chi connectivity index (χ2v) is 11.0. The second kappa shape index (κ2) is 7.82. The summed E-state index contributed by atoms with van der Waals surface area (Å²) in [6.07, 6.45) is 0.767. The van der Waals surface area contributed by atoms with E-state index in [4.69, 9.17) is 0 Å². The molecule has 1 aliphatic heterocycles. The molecule has 1 fully saturated rings. The van der Waals surface area contributed by atoms with E-state index in [0.717, 1.165) is 5.56 Å². The third-order valence-corrected chi connectivity index (χ3v) is 8.77. The van der Waals surface area contributed by atoms with E-state index in [9.17, 15) is 21.6 Å². The third kappa shape index (κ3) is 4.75. The van der Waals surface area contributed by atoms with Crippen molar-refractivity contribution in [3.05, 3.63) is 65.7 Å². The van der Waals surface area contributed by atoms with Crippen molar-refractivity contribution in [3.8, 4) is 0 Å². The predicted octanol–water partition coefficient (Wildman–Crippen LogP) is 1.62. The van der Waals surface area contributed by atoms with Crippen molar-refractivity contribution in [2.45, 2.75) is 23.0 Å². The normalized spacial score (nSPS) is 18.9. The Kier molecular flexibility index (Phi) is 5.67. The van der Waals surface area contributed by atoms with Gasteiger partial charge in [0.05, 0.1) is 21.7 Å². The Morgan fingerprint density at radius 2 is 1.81 bits per heavy atom. The maximum Gasteiger partial charge on any atom is 0.251 e. The minimum Gasteiger partial charge on any atom is -0.352 e. The summed E-state index contributed by atoms with van der Waals surface area (Å²) in [5.41, 5.74) is 1.33. The summed E-state index contributed by atoms with van der Waals surface area (Å²) in [5.74, 6) is -0.832. The molecule has 1 atom stereocenters. The van der Waals surface area contributed by atoms with Crippen LogP contribution in [0.3, 0.4) is 0 Å². The molecular formula is C19H21NO5S2. The minimum absolute atomic E-state index is 0.0136. The van der Waals surface area contributed by atoms with E-state index in [2.05, 4.69) is 5.32 Å². The molecule has 2 aromatic rings. The van der Waals surface area contributed by atoms with E-state index in [1.54, 1.807) is 6.07 Å². The van der Waals surface area contributed by atoms with Crippen LogP contribution in [0.4, 0.5) is 0 Å². The standard InChI is InChI=1S/C19H21NO5S2/c21-19(20-11-9-15-5-2-1-3-6-15)16-7-4-8-17(13-16)27(24,25)18-10-12-26(22,23)14-18/h1-8,13,18H,9-12,14H2,(H,20,21). The Morgan fingerprint density at radius 3 is 2.48 bits per heavy atom. The molecule has 2 aromatic carbocycles. The molecule has 1 aliphatic rings. The van der Waals surface area contributed by atoms with Crippen molar-refractivity contribution >= 4 is 25.6 Å². The van der Waals surface area contributed by atoms with E-state index in [1.807, 2.05) is 30.3 Å². The molecule has 0 saturated carbocycles. The van der Waals surface area contributed by atoms with Gasteiger partial charge in [0.1, 0.15) is 0 Å². The van der Waals surface area contributed by atoms with Crippen molar-refractivity contribution in [1.29, 1.82) is 0 Å². The van der Waals surface area contributed by atoms with Gasteiger partial charge in [-0.3, -0.25) is 4.79 Å². The van der Waals surface area contributed by atoms with Gasteiger partial charge in [0, 0.05) is 12.1 Å². The molecule has 0 bridgehead atoms. The van der Waals surface area contributed by atoms with Crippen LogP contribution in [0.25, 0.3) is 0 Å². The predicted molar refractivity (Wildman–Crippen MR) is 103 cm³/mol. The molecule has 1 saturated heterocycles. The zero-order chi connectivity index (χ0) is 19.5. The fourth-order valence-electron chi connectivity index (χ4n) is 3.08. The van der Waals surface area contributed by atoms with Gasteiger partial charge in [-0.15, -0.1) is 0 Å². The molecule has 0 aliphatic carbocycles. The molecule has 6 nitrogen and oxygen atoms in total. The Bertz CT molecular complexity index is 1030. The molecule has 0 radical (unpaired) electrons. The lowest BCUT2D eigenvalue weighted by Gasteiger charge is -2.11. The van der Waals surface area contributed by atoms with Crippen molar-refractivity contribution in [3.63, 3.8) is 0 Å². The Balaban J connectivity index is 1.68. The SMILES string of the molecule is O=C(NCCc1ccccc1)c1cccc(S(=O)(=O)C2CCS(=O)(=O)C2)c1. The van der Waals surface area contributed by atoms with Crippen LogP contribution in [-0.2, 0) is 26.1 Å². The summed E-state index contributed by atoms with van der Waals surface area (Å²) in [7, 11) is -7.10. The van der Waals surface area contributed by atoms with Gasteiger partial charge in [0.15, 0.2) is 19.7 Å². The van der Waals surface area contributed by atoms with Gasteiger partial charge in [-0.1, -0.05) is 36.4 Å². The maximum atomic E-state index is 12.7. The molecule has 3 rings (SSSR count). The summed E-state index contributed by atoms with van der Waals surface area (Å²) < 4.78 is 48.6. The average molecular weight is 408 g/mol. The van der Waals surface area contributed by atoms with Crippen LogP contribution in [0.2, 0.25) is 0 Å². The smallest absolute Gasteiger partial charge is 0.251 e. The number of sulfone groups is 2. The van der Waals surface area contributed by atoms with Crippen molar-refractivity contribution in [1.82, 2.24) is 5.32 Å². The van der Waals surface area contributed by atoms with Crippen molar-refractivity contribution in [2.24, 2.45) is 0 Å². The van der Waals surface area contributed by atoms with Crippen LogP contribution >= 0.6 is 0 Å². The fourth-order valence-corrected chi connectivity index (χ4v) is 7.48. The van der Waals surface area contributed by atoms with Gasteiger partial charge in [-0.25, -0.2) is 16.8 Å². The van der Waals surface area contributed by atoms with Gasteiger partial charge in [-0.05, 0) is 36.6 Å². The topological polar surface area (TPSA) is 97.4 Å². The molecule has 1 amide bonds. The van der Waals surface area contributed by atoms with Gasteiger partial charge >= 0.3 is 0 Å². The van der Waals surface area contributed by atoms with Gasteiger partial charge < -0.3 is 5.32 Å². The highest BCUT2D eigenvalue weighted by molar-refractivity contribution is 7.96. The first-order valence-electron chi connectivity index (χ1n) is 8.64. The van der Waals surface area contributed by atoms with Crippen molar-refractivity contribution in [2.75, 3.05) is 18.1 Å². The number of rotatable bonds is 6. The Hall–Kier alpha value is -2.19. The van der Waals surface area contributed by atoms with E-state index >= 15 is 0 Å². The Labute approximate surface area is 159 Å². The summed E-state index contributed by atoms with van der Waals surface area (Å²) in [6, 6.07) is 15.5. The van der Waals surface area contributed by atoms with E-state index in [1.165, 1.54) is 18.2 Å². The zero-order valence-electron chi connectivity index (χ0n) is 14.7. The monoisotopic (exact) mass is 407 g/mol. The molecule has 1 N–H and O–H groups in total. The molecule has 1 heterocycles. The van der Waals surface area contributed by atoms with Crippen LogP contribution in [0, 0.1) is 0 Å². The first-order chi connectivity index (χ1) is 12.8. The van der Waals surface area contributed by atoms with Crippen LogP contribution in [-0.4, -0.2) is 46.0 Å². The summed E-state index contributed by atoms with van der Waals surface area (Å²) in [6.45, 7) is 0.431. The van der Waals surface area contributed by atoms with Crippen LogP contribution in [0.1, 0.15) is 22.3 Å². The average Bonchev–Trinajstić information content (AvgIpc) is 3.03. The fraction of sp³-hybridized carbons (Fsp3) is 0.316. The minimum atomic E-state index is -3.79. The van der Waals surface area contributed by atoms with Crippen molar-refractivity contribution < 1.29 is 21.6 Å². The molecule has 1 unspecified atom stereocenters. The summed E-state index contributed by atoms with van der Waals surface area (Å²) in [4.78, 5) is 12.3. The number of hydrogen-bond donors (Lipinski definition) is 1. The van der Waals surface area contributed by atoms with Gasteiger partial charge in [0.25, 0.3) is 5.91 Å². The lowest BCUT2D eigenvalue weighted by Crippen LogP contribution is -2.26. The first-order valence-corrected chi connectivity index (χ1v) is 12.0. The maximum absolute atomic E-state index is 12.7. The highest BCUT2D eigenvalue weighted by Gasteiger charge is 2.38. The molecular weight excluding hydrogens is 386 g/mol. The second-order valence-electron chi connectivity index (χ2n) is 6.59. The van der Waals surface area contributed by atoms with E-state index in [0.29, 0.717) is 13.0 Å². The number of nitrogens with one attached hydrogen (secondary N) is 1. The lowest BCUT2D eigenvalue weighted by molar-refractivity contribution is 0.0954. The molecule has 0 spiro atoms. The van der Waals surface area contributed by atoms with Crippen LogP contribution < -0.4 is 5.32 Å². The lowest BCUT2D eigenvalue weighted by atomic mass is 10.1. The highest BCUT2D eigenvalue weighted by Crippen LogP contribution is 2.25. The number of carbonyl (C=O) groups excluding carboxylic acids is 1. The molecule has 27 heavy (non-hydrogen) atoms. The number of amides is 1. The van der Waals surface area contributed by atoms with Crippen LogP contribution in [0.15, 0.2) is 59.5 Å². The third-order valence-electron chi connectivity index (χ3n) is 4.60. The van der Waals surface area contributed by atoms with Crippen LogP contribution in [0.5, 0.6) is 0 Å². The quantitative estimate of drug-likeness (QED) is 0.785. The highest BCUT2D eigenvalue weighted by atomic mass is 32.2. The van der Waals surface area contributed by atoms with Gasteiger partial charge in [-0.2, -0.15) is 0 Å². The molecule has 0 aromatic heterocycles. The summed E-state index contributed by atoms with van der Waals surface area (Å²) >= 11 is 0.